The van der Waals surface area contributed by atoms with E-state index in [0.29, 0.717) is 13.1 Å². The maximum absolute atomic E-state index is 14.1. The lowest BCUT2D eigenvalue weighted by Crippen LogP contribution is -2.67. The molecule has 2 aliphatic heterocycles. The van der Waals surface area contributed by atoms with Gasteiger partial charge in [0, 0.05) is 29.9 Å². The van der Waals surface area contributed by atoms with E-state index in [0.717, 1.165) is 39.7 Å². The molecule has 176 valence electrons. The number of rotatable bonds is 4. The van der Waals surface area contributed by atoms with Gasteiger partial charge in [-0.3, -0.25) is 9.59 Å². The summed E-state index contributed by atoms with van der Waals surface area (Å²) in [5.74, 6) is -0.00721. The molecule has 0 saturated carbocycles. The molecule has 2 amide bonds. The van der Waals surface area contributed by atoms with E-state index in [1.54, 1.807) is 4.90 Å². The van der Waals surface area contributed by atoms with Crippen LogP contribution in [-0.2, 0) is 21.5 Å². The number of carbonyl (C=O) groups is 2. The molecule has 4 aromatic rings. The predicted molar refractivity (Wildman–Crippen MR) is 137 cm³/mol. The van der Waals surface area contributed by atoms with Gasteiger partial charge in [-0.1, -0.05) is 78.4 Å². The van der Waals surface area contributed by atoms with Crippen LogP contribution in [0.5, 0.6) is 0 Å². The highest BCUT2D eigenvalue weighted by Crippen LogP contribution is 2.48. The van der Waals surface area contributed by atoms with E-state index in [1.807, 2.05) is 42.2 Å². The maximum Gasteiger partial charge on any atom is 0.254 e. The summed E-state index contributed by atoms with van der Waals surface area (Å²) < 4.78 is 0. The highest BCUT2D eigenvalue weighted by Gasteiger charge is 2.56. The first-order valence-corrected chi connectivity index (χ1v) is 12.3. The minimum Gasteiger partial charge on any atom is -0.356 e. The Morgan fingerprint density at radius 2 is 1.66 bits per heavy atom. The van der Waals surface area contributed by atoms with Crippen LogP contribution in [0.3, 0.4) is 0 Å². The van der Waals surface area contributed by atoms with Crippen LogP contribution in [0.25, 0.3) is 10.9 Å². The first-order chi connectivity index (χ1) is 17.0. The first-order valence-electron chi connectivity index (χ1n) is 12.3. The van der Waals surface area contributed by atoms with Crippen LogP contribution in [0.2, 0.25) is 0 Å². The van der Waals surface area contributed by atoms with Crippen molar-refractivity contribution in [3.8, 4) is 0 Å². The molecule has 0 radical (unpaired) electrons. The Morgan fingerprint density at radius 1 is 0.943 bits per heavy atom. The number of H-pyrrole nitrogens is 1. The van der Waals surface area contributed by atoms with Gasteiger partial charge in [0.2, 0.25) is 5.91 Å². The third-order valence-electron chi connectivity index (χ3n) is 7.81. The molecule has 0 bridgehead atoms. The Labute approximate surface area is 205 Å². The molecule has 0 spiro atoms. The summed E-state index contributed by atoms with van der Waals surface area (Å²) in [6, 6.07) is 26.9. The molecule has 2 atom stereocenters. The van der Waals surface area contributed by atoms with Gasteiger partial charge in [0.15, 0.2) is 5.54 Å². The number of amides is 2. The van der Waals surface area contributed by atoms with Crippen LogP contribution in [0.15, 0.2) is 78.9 Å². The Morgan fingerprint density at radius 3 is 2.43 bits per heavy atom. The van der Waals surface area contributed by atoms with Crippen molar-refractivity contribution in [3.63, 3.8) is 0 Å². The number of nitrogens with one attached hydrogen (secondary N) is 1. The highest BCUT2D eigenvalue weighted by atomic mass is 16.2. The Hall–Kier alpha value is -3.86. The lowest BCUT2D eigenvalue weighted by Gasteiger charge is -2.51. The van der Waals surface area contributed by atoms with Crippen LogP contribution < -0.4 is 0 Å². The van der Waals surface area contributed by atoms with Crippen LogP contribution >= 0.6 is 0 Å². The lowest BCUT2D eigenvalue weighted by atomic mass is 9.76. The zero-order valence-electron chi connectivity index (χ0n) is 20.1. The van der Waals surface area contributed by atoms with Crippen LogP contribution in [0, 0.1) is 6.92 Å². The van der Waals surface area contributed by atoms with E-state index in [4.69, 9.17) is 0 Å². The predicted octanol–water partition coefficient (Wildman–Crippen LogP) is 4.75. The molecular formula is C30H29N3O2. The molecule has 5 nitrogen and oxygen atoms in total. The molecule has 1 fully saturated rings. The summed E-state index contributed by atoms with van der Waals surface area (Å²) in [5.41, 5.74) is 5.45. The molecule has 6 rings (SSSR count). The molecule has 1 saturated heterocycles. The van der Waals surface area contributed by atoms with E-state index in [-0.39, 0.29) is 24.3 Å². The van der Waals surface area contributed by atoms with Gasteiger partial charge in [0.05, 0.1) is 12.2 Å². The monoisotopic (exact) mass is 463 g/mol. The van der Waals surface area contributed by atoms with Crippen molar-refractivity contribution in [1.82, 2.24) is 14.8 Å². The van der Waals surface area contributed by atoms with Gasteiger partial charge in [0.25, 0.3) is 5.91 Å². The number of aryl methyl sites for hydroxylation is 1. The molecule has 2 aliphatic rings. The van der Waals surface area contributed by atoms with Crippen LogP contribution in [0.1, 0.15) is 40.8 Å². The molecule has 35 heavy (non-hydrogen) atoms. The average molecular weight is 464 g/mol. The summed E-state index contributed by atoms with van der Waals surface area (Å²) in [6.45, 7) is 5.13. The summed E-state index contributed by atoms with van der Waals surface area (Å²) in [5, 5.41) is 1.12. The quantitative estimate of drug-likeness (QED) is 0.475. The fourth-order valence-electron chi connectivity index (χ4n) is 5.86. The molecule has 0 unspecified atom stereocenters. The van der Waals surface area contributed by atoms with Crippen molar-refractivity contribution >= 4 is 22.7 Å². The van der Waals surface area contributed by atoms with Crippen molar-refractivity contribution < 1.29 is 9.59 Å². The summed E-state index contributed by atoms with van der Waals surface area (Å²) in [4.78, 5) is 34.8. The topological polar surface area (TPSA) is 56.4 Å². The van der Waals surface area contributed by atoms with Gasteiger partial charge in [-0.2, -0.15) is 0 Å². The normalized spacial score (nSPS) is 21.8. The Balaban J connectivity index is 1.45. The minimum absolute atomic E-state index is 0.00146. The van der Waals surface area contributed by atoms with Crippen LogP contribution in [0.4, 0.5) is 0 Å². The molecular weight excluding hydrogens is 434 g/mol. The third kappa shape index (κ3) is 3.37. The number of fused-ring (bicyclic) bond motifs is 5. The number of aromatic nitrogens is 1. The second-order valence-electron chi connectivity index (χ2n) is 9.96. The van der Waals surface area contributed by atoms with Crippen molar-refractivity contribution in [2.75, 3.05) is 19.6 Å². The van der Waals surface area contributed by atoms with Gasteiger partial charge >= 0.3 is 0 Å². The number of nitrogens with zero attached hydrogens (tertiary/aromatic N) is 2. The molecule has 5 heteroatoms. The lowest BCUT2D eigenvalue weighted by molar-refractivity contribution is -0.166. The number of hydrogen-bond acceptors (Lipinski definition) is 2. The van der Waals surface area contributed by atoms with Gasteiger partial charge in [-0.15, -0.1) is 0 Å². The van der Waals surface area contributed by atoms with Crippen molar-refractivity contribution in [3.05, 3.63) is 107 Å². The van der Waals surface area contributed by atoms with E-state index in [9.17, 15) is 9.59 Å². The molecule has 3 heterocycles. The second-order valence-corrected chi connectivity index (χ2v) is 9.96. The Bertz CT molecular complexity index is 1420. The number of benzene rings is 3. The Kier molecular flexibility index (Phi) is 5.03. The maximum atomic E-state index is 14.1. The van der Waals surface area contributed by atoms with Crippen molar-refractivity contribution in [2.45, 2.75) is 31.7 Å². The second kappa shape index (κ2) is 8.12. The summed E-state index contributed by atoms with van der Waals surface area (Å²) in [7, 11) is 0. The molecule has 3 aromatic carbocycles. The molecule has 1 aromatic heterocycles. The fraction of sp³-hybridized carbons (Fsp3) is 0.267. The van der Waals surface area contributed by atoms with Crippen molar-refractivity contribution in [2.24, 2.45) is 0 Å². The first kappa shape index (κ1) is 21.7. The summed E-state index contributed by atoms with van der Waals surface area (Å²) in [6.07, 6.45) is 0.724. The smallest absolute Gasteiger partial charge is 0.254 e. The number of aromatic amines is 1. The number of carbonyl (C=O) groups excluding carboxylic acids is 2. The fourth-order valence-corrected chi connectivity index (χ4v) is 5.86. The van der Waals surface area contributed by atoms with Gasteiger partial charge in [-0.05, 0) is 43.0 Å². The minimum atomic E-state index is -1.05. The van der Waals surface area contributed by atoms with E-state index < -0.39 is 5.54 Å². The van der Waals surface area contributed by atoms with Gasteiger partial charge < -0.3 is 14.8 Å². The largest absolute Gasteiger partial charge is 0.356 e. The molecule has 1 N–H and O–H groups in total. The number of piperazine rings is 1. The zero-order chi connectivity index (χ0) is 24.2. The highest BCUT2D eigenvalue weighted by molar-refractivity contribution is 6.01. The van der Waals surface area contributed by atoms with Crippen molar-refractivity contribution in [1.29, 1.82) is 0 Å². The standard InChI is InChI=1S/C30H29N3O2/c1-20-12-14-22(15-13-20)24-18-33-26(34)19-32(17-16-21-8-4-3-5-9-21)29(35)30(33,2)28-27(24)23-10-6-7-11-25(23)31-28/h3-15,24,31H,16-19H2,1-2H3/t24-,30+/m1/s1. The summed E-state index contributed by atoms with van der Waals surface area (Å²) >= 11 is 0. The van der Waals surface area contributed by atoms with Gasteiger partial charge in [0.1, 0.15) is 0 Å². The number of para-hydroxylation sites is 1. The van der Waals surface area contributed by atoms with Crippen LogP contribution in [-0.4, -0.2) is 46.2 Å². The van der Waals surface area contributed by atoms with E-state index in [2.05, 4.69) is 60.4 Å². The van der Waals surface area contributed by atoms with E-state index in [1.165, 1.54) is 5.56 Å². The zero-order valence-corrected chi connectivity index (χ0v) is 20.1. The SMILES string of the molecule is Cc1ccc([C@H]2CN3C(=O)CN(CCc4ccccc4)C(=O)[C@]3(C)c3[nH]c4ccccc4c32)cc1. The average Bonchev–Trinajstić information content (AvgIpc) is 3.28. The number of hydrogen-bond donors (Lipinski definition) is 1. The van der Waals surface area contributed by atoms with E-state index >= 15 is 0 Å². The molecule has 0 aliphatic carbocycles. The van der Waals surface area contributed by atoms with Gasteiger partial charge in [-0.25, -0.2) is 0 Å². The third-order valence-corrected chi connectivity index (χ3v) is 7.81.